The van der Waals surface area contributed by atoms with Crippen molar-refractivity contribution in [2.75, 3.05) is 13.7 Å². The van der Waals surface area contributed by atoms with Crippen molar-refractivity contribution in [3.63, 3.8) is 0 Å². The molecule has 11 heteroatoms. The molecule has 4 N–H and O–H groups in total. The summed E-state index contributed by atoms with van der Waals surface area (Å²) in [5, 5.41) is 18.0. The minimum atomic E-state index is -2.88. The number of rotatable bonds is 9. The van der Waals surface area contributed by atoms with Crippen molar-refractivity contribution in [3.8, 4) is 11.8 Å². The Morgan fingerprint density at radius 2 is 2.09 bits per heavy atom. The number of piperidine rings is 1. The van der Waals surface area contributed by atoms with E-state index in [1.165, 1.54) is 7.11 Å². The fourth-order valence-corrected chi connectivity index (χ4v) is 4.47. The Morgan fingerprint density at radius 1 is 1.31 bits per heavy atom. The molecule has 4 atom stereocenters. The van der Waals surface area contributed by atoms with Gasteiger partial charge in [-0.3, -0.25) is 14.4 Å². The summed E-state index contributed by atoms with van der Waals surface area (Å²) >= 11 is 0. The lowest BCUT2D eigenvalue weighted by Crippen LogP contribution is -2.51. The normalized spacial score (nSPS) is 22.4. The van der Waals surface area contributed by atoms with Gasteiger partial charge in [0, 0.05) is 35.7 Å². The molecule has 2 fully saturated rings. The van der Waals surface area contributed by atoms with Gasteiger partial charge in [-0.1, -0.05) is 6.07 Å². The van der Waals surface area contributed by atoms with Crippen molar-refractivity contribution < 1.29 is 27.9 Å². The zero-order valence-corrected chi connectivity index (χ0v) is 19.2. The van der Waals surface area contributed by atoms with Crippen molar-refractivity contribution in [1.29, 1.82) is 5.26 Å². The zero-order valence-electron chi connectivity index (χ0n) is 19.2. The van der Waals surface area contributed by atoms with Crippen LogP contribution in [0, 0.1) is 23.2 Å². The lowest BCUT2D eigenvalue weighted by molar-refractivity contribution is -0.128. The van der Waals surface area contributed by atoms with Gasteiger partial charge in [0.05, 0.1) is 13.2 Å². The fourth-order valence-electron chi connectivity index (χ4n) is 4.47. The van der Waals surface area contributed by atoms with Gasteiger partial charge in [0.2, 0.25) is 11.8 Å². The molecule has 2 aliphatic rings. The average molecular weight is 488 g/mol. The molecule has 0 radical (unpaired) electrons. The van der Waals surface area contributed by atoms with Crippen molar-refractivity contribution in [1.82, 2.24) is 20.9 Å². The highest BCUT2D eigenvalue weighted by Gasteiger charge is 2.57. The minimum Gasteiger partial charge on any atom is -0.496 e. The number of carbonyl (C=O) groups is 3. The molecule has 3 amide bonds. The maximum Gasteiger partial charge on any atom is 0.268 e. The number of amides is 3. The van der Waals surface area contributed by atoms with Gasteiger partial charge in [0.1, 0.15) is 23.5 Å². The number of nitrogens with zero attached hydrogens (tertiary/aromatic N) is 1. The molecule has 1 aliphatic heterocycles. The number of aromatic nitrogens is 1. The van der Waals surface area contributed by atoms with E-state index in [9.17, 15) is 28.4 Å². The van der Waals surface area contributed by atoms with Crippen LogP contribution in [0.3, 0.4) is 0 Å². The van der Waals surface area contributed by atoms with E-state index in [-0.39, 0.29) is 30.9 Å². The van der Waals surface area contributed by atoms with Gasteiger partial charge in [-0.2, -0.15) is 5.26 Å². The maximum atomic E-state index is 13.6. The number of hydrogen-bond acceptors (Lipinski definition) is 5. The standard InChI is InChI=1S/C24H27F2N5O4/c1-35-20-6-2-5-17-16(20)10-19(30-17)23(34)31-18(9-14-11-24(14,25)26)22(33)29-15(12-27)8-13-4-3-7-28-21(13)32/h2,5-6,10,13-15,18,30H,3-4,7-9,11H2,1H3,(H,28,32)(H,29,33)(H,31,34)/t13-,14?,15-,18-/m0/s1. The number of H-pyrrole nitrogens is 1. The first-order valence-electron chi connectivity index (χ1n) is 11.5. The molecule has 1 saturated carbocycles. The fraction of sp³-hybridized carbons (Fsp3) is 0.500. The predicted molar refractivity (Wildman–Crippen MR) is 122 cm³/mol. The van der Waals surface area contributed by atoms with Crippen molar-refractivity contribution >= 4 is 28.6 Å². The maximum absolute atomic E-state index is 13.6. The summed E-state index contributed by atoms with van der Waals surface area (Å²) in [6, 6.07) is 6.49. The molecule has 1 aromatic carbocycles. The third-order valence-corrected chi connectivity index (χ3v) is 6.58. The van der Waals surface area contributed by atoms with E-state index in [0.29, 0.717) is 29.6 Å². The lowest BCUT2D eigenvalue weighted by Gasteiger charge is -2.25. The van der Waals surface area contributed by atoms with E-state index in [1.807, 2.05) is 6.07 Å². The number of nitrogens with one attached hydrogen (secondary N) is 4. The molecule has 35 heavy (non-hydrogen) atoms. The van der Waals surface area contributed by atoms with Gasteiger partial charge >= 0.3 is 0 Å². The van der Waals surface area contributed by atoms with Gasteiger partial charge in [-0.15, -0.1) is 0 Å². The van der Waals surface area contributed by atoms with E-state index < -0.39 is 41.7 Å². The summed E-state index contributed by atoms with van der Waals surface area (Å²) in [6.07, 6.45) is 0.845. The average Bonchev–Trinajstić information content (AvgIpc) is 3.22. The molecule has 186 valence electrons. The monoisotopic (exact) mass is 487 g/mol. The second-order valence-corrected chi connectivity index (χ2v) is 9.08. The molecule has 9 nitrogen and oxygen atoms in total. The highest BCUT2D eigenvalue weighted by atomic mass is 19.3. The number of carbonyl (C=O) groups excluding carboxylic acids is 3. The molecular weight excluding hydrogens is 460 g/mol. The molecule has 1 unspecified atom stereocenters. The number of alkyl halides is 2. The van der Waals surface area contributed by atoms with Crippen LogP contribution in [0.2, 0.25) is 0 Å². The molecule has 0 spiro atoms. The lowest BCUT2D eigenvalue weighted by atomic mass is 9.92. The van der Waals surface area contributed by atoms with Crippen LogP contribution in [0.15, 0.2) is 24.3 Å². The Bertz CT molecular complexity index is 1170. The Kier molecular flexibility index (Phi) is 6.91. The smallest absolute Gasteiger partial charge is 0.268 e. The second kappa shape index (κ2) is 9.90. The van der Waals surface area contributed by atoms with Crippen LogP contribution < -0.4 is 20.7 Å². The molecule has 1 saturated heterocycles. The van der Waals surface area contributed by atoms with Crippen molar-refractivity contribution in [3.05, 3.63) is 30.0 Å². The predicted octanol–water partition coefficient (Wildman–Crippen LogP) is 2.24. The first-order valence-corrected chi connectivity index (χ1v) is 11.5. The Balaban J connectivity index is 1.47. The quantitative estimate of drug-likeness (QED) is 0.430. The number of fused-ring (bicyclic) bond motifs is 1. The Labute approximate surface area is 200 Å². The summed E-state index contributed by atoms with van der Waals surface area (Å²) in [6.45, 7) is 0.572. The van der Waals surface area contributed by atoms with Gasteiger partial charge in [-0.25, -0.2) is 8.78 Å². The highest BCUT2D eigenvalue weighted by molar-refractivity contribution is 6.01. The van der Waals surface area contributed by atoms with E-state index in [1.54, 1.807) is 24.3 Å². The number of hydrogen-bond donors (Lipinski definition) is 4. The second-order valence-electron chi connectivity index (χ2n) is 9.08. The summed E-state index contributed by atoms with van der Waals surface area (Å²) in [4.78, 5) is 40.9. The van der Waals surface area contributed by atoms with Crippen LogP contribution in [-0.4, -0.2) is 54.4 Å². The number of ether oxygens (including phenoxy) is 1. The minimum absolute atomic E-state index is 0.107. The Morgan fingerprint density at radius 3 is 2.74 bits per heavy atom. The first-order chi connectivity index (χ1) is 16.7. The van der Waals surface area contributed by atoms with Crippen LogP contribution in [0.4, 0.5) is 8.78 Å². The molecular formula is C24H27F2N5O4. The third kappa shape index (κ3) is 5.53. The molecule has 2 aromatic rings. The SMILES string of the molecule is COc1cccc2[nH]c(C(=O)N[C@@H](CC3CC3(F)F)C(=O)N[C@H](C#N)C[C@@H]3CCCNC3=O)cc12. The van der Waals surface area contributed by atoms with Crippen LogP contribution in [0.25, 0.3) is 10.9 Å². The van der Waals surface area contributed by atoms with Gasteiger partial charge in [-0.05, 0) is 43.9 Å². The topological polar surface area (TPSA) is 136 Å². The summed E-state index contributed by atoms with van der Waals surface area (Å²) in [5.41, 5.74) is 0.778. The summed E-state index contributed by atoms with van der Waals surface area (Å²) in [7, 11) is 1.50. The largest absolute Gasteiger partial charge is 0.496 e. The third-order valence-electron chi connectivity index (χ3n) is 6.58. The van der Waals surface area contributed by atoms with Crippen molar-refractivity contribution in [2.24, 2.45) is 11.8 Å². The molecule has 0 bridgehead atoms. The van der Waals surface area contributed by atoms with Crippen LogP contribution in [-0.2, 0) is 9.59 Å². The van der Waals surface area contributed by atoms with Crippen molar-refractivity contribution in [2.45, 2.75) is 50.1 Å². The van der Waals surface area contributed by atoms with E-state index in [2.05, 4.69) is 20.9 Å². The molecule has 4 rings (SSSR count). The number of halogens is 2. The van der Waals surface area contributed by atoms with E-state index in [0.717, 1.165) is 6.42 Å². The highest BCUT2D eigenvalue weighted by Crippen LogP contribution is 2.51. The summed E-state index contributed by atoms with van der Waals surface area (Å²) < 4.78 is 32.5. The van der Waals surface area contributed by atoms with Crippen LogP contribution >= 0.6 is 0 Å². The van der Waals surface area contributed by atoms with Crippen LogP contribution in [0.5, 0.6) is 5.75 Å². The molecule has 1 aliphatic carbocycles. The first kappa shape index (κ1) is 24.4. The molecule has 1 aromatic heterocycles. The van der Waals surface area contributed by atoms with E-state index >= 15 is 0 Å². The number of aromatic amines is 1. The Hall–Kier alpha value is -3.68. The summed E-state index contributed by atoms with van der Waals surface area (Å²) in [5.74, 6) is -5.35. The van der Waals surface area contributed by atoms with Gasteiger partial charge in [0.15, 0.2) is 0 Å². The zero-order chi connectivity index (χ0) is 25.2. The number of methoxy groups -OCH3 is 1. The van der Waals surface area contributed by atoms with Gasteiger partial charge < -0.3 is 25.7 Å². The van der Waals surface area contributed by atoms with Crippen LogP contribution in [0.1, 0.15) is 42.6 Å². The molecule has 2 heterocycles. The van der Waals surface area contributed by atoms with E-state index in [4.69, 9.17) is 4.74 Å². The number of nitriles is 1. The van der Waals surface area contributed by atoms with Gasteiger partial charge in [0.25, 0.3) is 11.8 Å². The number of benzene rings is 1.